The lowest BCUT2D eigenvalue weighted by molar-refractivity contribution is -0.126. The van der Waals surface area contributed by atoms with Crippen LogP contribution in [0.1, 0.15) is 30.9 Å². The van der Waals surface area contributed by atoms with Crippen LogP contribution in [0.5, 0.6) is 0 Å². The Hall–Kier alpha value is -2.43. The number of hydrogen-bond acceptors (Lipinski definition) is 4. The first-order valence-electron chi connectivity index (χ1n) is 9.00. The molecule has 0 radical (unpaired) electrons. The maximum atomic E-state index is 12.6. The number of carbonyl (C=O) groups excluding carboxylic acids is 1. The van der Waals surface area contributed by atoms with Gasteiger partial charge >= 0.3 is 0 Å². The van der Waals surface area contributed by atoms with E-state index in [0.717, 1.165) is 38.3 Å². The summed E-state index contributed by atoms with van der Waals surface area (Å²) in [5.41, 5.74) is 2.58. The lowest BCUT2D eigenvalue weighted by Crippen LogP contribution is -2.44. The first-order chi connectivity index (χ1) is 12.1. The van der Waals surface area contributed by atoms with Gasteiger partial charge in [-0.1, -0.05) is 24.3 Å². The summed E-state index contributed by atoms with van der Waals surface area (Å²) >= 11 is 0. The Labute approximate surface area is 149 Å². The molecule has 132 valence electrons. The van der Waals surface area contributed by atoms with Crippen molar-refractivity contribution in [3.63, 3.8) is 0 Å². The van der Waals surface area contributed by atoms with Gasteiger partial charge in [0.1, 0.15) is 0 Å². The Morgan fingerprint density at radius 3 is 2.56 bits per heavy atom. The van der Waals surface area contributed by atoms with Gasteiger partial charge in [-0.05, 0) is 50.3 Å². The van der Waals surface area contributed by atoms with Crippen LogP contribution in [0.4, 0.5) is 5.95 Å². The van der Waals surface area contributed by atoms with Gasteiger partial charge in [0, 0.05) is 37.4 Å². The van der Waals surface area contributed by atoms with Gasteiger partial charge < -0.3 is 10.2 Å². The summed E-state index contributed by atoms with van der Waals surface area (Å²) < 4.78 is 0. The molecule has 1 atom stereocenters. The number of hydrogen-bond donors (Lipinski definition) is 1. The Bertz CT molecular complexity index is 696. The zero-order chi connectivity index (χ0) is 17.6. The molecule has 1 N–H and O–H groups in total. The number of nitrogens with one attached hydrogen (secondary N) is 1. The SMILES string of the molecule is Cc1ccccc1C[C@@H](C)NC(=O)C1CCN(c2ncccn2)CC1. The third-order valence-corrected chi connectivity index (χ3v) is 4.88. The summed E-state index contributed by atoms with van der Waals surface area (Å²) in [7, 11) is 0. The summed E-state index contributed by atoms with van der Waals surface area (Å²) in [6, 6.07) is 10.3. The van der Waals surface area contributed by atoms with E-state index in [0.29, 0.717) is 0 Å². The Balaban J connectivity index is 1.48. The molecule has 5 heteroatoms. The maximum absolute atomic E-state index is 12.6. The average molecular weight is 338 g/mol. The van der Waals surface area contributed by atoms with E-state index in [1.807, 2.05) is 12.1 Å². The number of nitrogens with zero attached hydrogens (tertiary/aromatic N) is 3. The van der Waals surface area contributed by atoms with Crippen molar-refractivity contribution in [2.45, 2.75) is 39.2 Å². The summed E-state index contributed by atoms with van der Waals surface area (Å²) in [5, 5.41) is 3.19. The monoisotopic (exact) mass is 338 g/mol. The van der Waals surface area contributed by atoms with Crippen molar-refractivity contribution in [3.8, 4) is 0 Å². The van der Waals surface area contributed by atoms with Crippen LogP contribution in [0.25, 0.3) is 0 Å². The number of piperidine rings is 1. The van der Waals surface area contributed by atoms with Crippen LogP contribution in [0.15, 0.2) is 42.7 Å². The first kappa shape index (κ1) is 17.4. The van der Waals surface area contributed by atoms with Crippen molar-refractivity contribution < 1.29 is 4.79 Å². The van der Waals surface area contributed by atoms with Gasteiger partial charge in [-0.15, -0.1) is 0 Å². The van der Waals surface area contributed by atoms with Gasteiger partial charge in [0.2, 0.25) is 11.9 Å². The molecule has 0 aliphatic carbocycles. The van der Waals surface area contributed by atoms with Crippen LogP contribution in [-0.4, -0.2) is 35.0 Å². The summed E-state index contributed by atoms with van der Waals surface area (Å²) in [6.45, 7) is 5.85. The van der Waals surface area contributed by atoms with E-state index < -0.39 is 0 Å². The van der Waals surface area contributed by atoms with E-state index in [-0.39, 0.29) is 17.9 Å². The minimum Gasteiger partial charge on any atom is -0.353 e. The molecular weight excluding hydrogens is 312 g/mol. The maximum Gasteiger partial charge on any atom is 0.225 e. The molecule has 1 fully saturated rings. The fraction of sp³-hybridized carbons (Fsp3) is 0.450. The summed E-state index contributed by atoms with van der Waals surface area (Å²) in [4.78, 5) is 23.3. The molecule has 1 aliphatic heterocycles. The minimum absolute atomic E-state index is 0.0827. The second-order valence-corrected chi connectivity index (χ2v) is 6.85. The van der Waals surface area contributed by atoms with E-state index in [2.05, 4.69) is 52.2 Å². The highest BCUT2D eigenvalue weighted by atomic mass is 16.1. The van der Waals surface area contributed by atoms with Gasteiger partial charge in [0.05, 0.1) is 0 Å². The third kappa shape index (κ3) is 4.56. The quantitative estimate of drug-likeness (QED) is 0.911. The number of aryl methyl sites for hydroxylation is 1. The minimum atomic E-state index is 0.0827. The van der Waals surface area contributed by atoms with Gasteiger partial charge in [0.25, 0.3) is 0 Å². The molecule has 0 bridgehead atoms. The lowest BCUT2D eigenvalue weighted by atomic mass is 9.95. The Morgan fingerprint density at radius 2 is 1.88 bits per heavy atom. The Morgan fingerprint density at radius 1 is 1.20 bits per heavy atom. The van der Waals surface area contributed by atoms with Crippen LogP contribution in [-0.2, 0) is 11.2 Å². The second kappa shape index (κ2) is 8.10. The number of benzene rings is 1. The van der Waals surface area contributed by atoms with E-state index in [1.54, 1.807) is 12.4 Å². The zero-order valence-electron chi connectivity index (χ0n) is 15.0. The summed E-state index contributed by atoms with van der Waals surface area (Å²) in [6.07, 6.45) is 6.08. The molecule has 1 aliphatic rings. The van der Waals surface area contributed by atoms with Crippen molar-refractivity contribution >= 4 is 11.9 Å². The van der Waals surface area contributed by atoms with Crippen molar-refractivity contribution in [3.05, 3.63) is 53.9 Å². The Kier molecular flexibility index (Phi) is 5.64. The highest BCUT2D eigenvalue weighted by Gasteiger charge is 2.26. The molecule has 1 aromatic heterocycles. The van der Waals surface area contributed by atoms with Crippen molar-refractivity contribution in [2.75, 3.05) is 18.0 Å². The number of aromatic nitrogens is 2. The van der Waals surface area contributed by atoms with E-state index in [9.17, 15) is 4.79 Å². The largest absolute Gasteiger partial charge is 0.353 e. The third-order valence-electron chi connectivity index (χ3n) is 4.88. The van der Waals surface area contributed by atoms with E-state index in [1.165, 1.54) is 11.1 Å². The zero-order valence-corrected chi connectivity index (χ0v) is 15.0. The van der Waals surface area contributed by atoms with Gasteiger partial charge in [-0.3, -0.25) is 4.79 Å². The number of rotatable bonds is 5. The molecule has 5 nitrogen and oxygen atoms in total. The highest BCUT2D eigenvalue weighted by molar-refractivity contribution is 5.79. The molecule has 0 spiro atoms. The number of amides is 1. The van der Waals surface area contributed by atoms with Crippen LogP contribution in [0.2, 0.25) is 0 Å². The molecule has 1 amide bonds. The van der Waals surface area contributed by atoms with Crippen LogP contribution in [0.3, 0.4) is 0 Å². The van der Waals surface area contributed by atoms with Crippen molar-refractivity contribution in [1.29, 1.82) is 0 Å². The number of carbonyl (C=O) groups is 1. The molecular formula is C20H26N4O. The topological polar surface area (TPSA) is 58.1 Å². The molecule has 1 aromatic carbocycles. The fourth-order valence-corrected chi connectivity index (χ4v) is 3.38. The number of anilines is 1. The predicted molar refractivity (Wildman–Crippen MR) is 99.5 cm³/mol. The molecule has 0 unspecified atom stereocenters. The van der Waals surface area contributed by atoms with Crippen LogP contribution in [0, 0.1) is 12.8 Å². The second-order valence-electron chi connectivity index (χ2n) is 6.85. The molecule has 25 heavy (non-hydrogen) atoms. The molecule has 2 heterocycles. The van der Waals surface area contributed by atoms with Gasteiger partial charge in [-0.2, -0.15) is 0 Å². The molecule has 1 saturated heterocycles. The van der Waals surface area contributed by atoms with Gasteiger partial charge in [-0.25, -0.2) is 9.97 Å². The summed E-state index contributed by atoms with van der Waals surface area (Å²) in [5.74, 6) is 1.02. The molecule has 3 rings (SSSR count). The average Bonchev–Trinajstić information content (AvgIpc) is 2.64. The van der Waals surface area contributed by atoms with Crippen molar-refractivity contribution in [1.82, 2.24) is 15.3 Å². The lowest BCUT2D eigenvalue weighted by Gasteiger charge is -2.31. The normalized spacial score (nSPS) is 16.5. The highest BCUT2D eigenvalue weighted by Crippen LogP contribution is 2.20. The van der Waals surface area contributed by atoms with E-state index in [4.69, 9.17) is 0 Å². The molecule has 2 aromatic rings. The molecule has 0 saturated carbocycles. The van der Waals surface area contributed by atoms with Crippen LogP contribution >= 0.6 is 0 Å². The van der Waals surface area contributed by atoms with Crippen molar-refractivity contribution in [2.24, 2.45) is 5.92 Å². The fourth-order valence-electron chi connectivity index (χ4n) is 3.38. The first-order valence-corrected chi connectivity index (χ1v) is 9.00. The standard InChI is InChI=1S/C20H26N4O/c1-15-6-3-4-7-18(15)14-16(2)23-19(25)17-8-12-24(13-9-17)20-21-10-5-11-22-20/h3-7,10-11,16-17H,8-9,12-14H2,1-2H3,(H,23,25)/t16-/m1/s1. The predicted octanol–water partition coefficient (Wildman–Crippen LogP) is 2.75. The van der Waals surface area contributed by atoms with Gasteiger partial charge in [0.15, 0.2) is 0 Å². The van der Waals surface area contributed by atoms with Crippen LogP contribution < -0.4 is 10.2 Å². The smallest absolute Gasteiger partial charge is 0.225 e. The van der Waals surface area contributed by atoms with E-state index >= 15 is 0 Å².